The van der Waals surface area contributed by atoms with Gasteiger partial charge in [0.2, 0.25) is 5.91 Å². The van der Waals surface area contributed by atoms with Crippen molar-refractivity contribution in [2.45, 2.75) is 52.0 Å². The number of rotatable bonds is 7. The standard InChI is InChI=1S/C26H32N4O3S/c1-2-33-19-10-7-18(8-11-19)9-12-23(31)30-15-13-29(14-16-30)17-22-27-25(32)24-20-5-3-4-6-21(20)34-26(24)28-22/h7-8,10-11H,2-6,9,12-17H2,1H3,(H,27,28,32). The van der Waals surface area contributed by atoms with Crippen LogP contribution in [0.15, 0.2) is 29.1 Å². The molecule has 1 fully saturated rings. The number of aryl methyl sites for hydroxylation is 3. The van der Waals surface area contributed by atoms with Crippen LogP contribution >= 0.6 is 11.3 Å². The second-order valence-corrected chi connectivity index (χ2v) is 10.2. The summed E-state index contributed by atoms with van der Waals surface area (Å²) in [4.78, 5) is 39.8. The van der Waals surface area contributed by atoms with Crippen LogP contribution < -0.4 is 10.3 Å². The minimum atomic E-state index is 0.00232. The molecule has 1 aliphatic heterocycles. The molecule has 2 aliphatic rings. The number of nitrogens with zero attached hydrogens (tertiary/aromatic N) is 3. The van der Waals surface area contributed by atoms with Crippen LogP contribution in [-0.2, 0) is 30.6 Å². The molecule has 8 heteroatoms. The molecule has 34 heavy (non-hydrogen) atoms. The second-order valence-electron chi connectivity index (χ2n) is 9.14. The normalized spacial score (nSPS) is 16.6. The van der Waals surface area contributed by atoms with Gasteiger partial charge in [0.05, 0.1) is 18.5 Å². The predicted molar refractivity (Wildman–Crippen MR) is 135 cm³/mol. The molecule has 0 bridgehead atoms. The third-order valence-corrected chi connectivity index (χ3v) is 8.02. The average Bonchev–Trinajstić information content (AvgIpc) is 3.23. The van der Waals surface area contributed by atoms with E-state index in [0.29, 0.717) is 32.7 Å². The summed E-state index contributed by atoms with van der Waals surface area (Å²) in [5, 5.41) is 0.811. The van der Waals surface area contributed by atoms with Crippen molar-refractivity contribution >= 4 is 27.5 Å². The Bertz CT molecular complexity index is 1210. The molecule has 3 aromatic rings. The average molecular weight is 481 g/mol. The fourth-order valence-electron chi connectivity index (χ4n) is 4.98. The number of aromatic nitrogens is 2. The first-order chi connectivity index (χ1) is 16.6. The first-order valence-electron chi connectivity index (χ1n) is 12.4. The van der Waals surface area contributed by atoms with Crippen molar-refractivity contribution < 1.29 is 9.53 Å². The zero-order chi connectivity index (χ0) is 23.5. The van der Waals surface area contributed by atoms with Crippen molar-refractivity contribution in [3.63, 3.8) is 0 Å². The molecule has 1 amide bonds. The maximum absolute atomic E-state index is 12.8. The van der Waals surface area contributed by atoms with E-state index in [2.05, 4.69) is 9.88 Å². The number of piperazine rings is 1. The summed E-state index contributed by atoms with van der Waals surface area (Å²) in [5.74, 6) is 1.79. The summed E-state index contributed by atoms with van der Waals surface area (Å²) in [6.07, 6.45) is 5.68. The quantitative estimate of drug-likeness (QED) is 0.560. The third-order valence-electron chi connectivity index (χ3n) is 6.83. The zero-order valence-electron chi connectivity index (χ0n) is 19.8. The Balaban J connectivity index is 1.13. The van der Waals surface area contributed by atoms with E-state index in [-0.39, 0.29) is 11.5 Å². The van der Waals surface area contributed by atoms with E-state index >= 15 is 0 Å². The molecule has 0 saturated carbocycles. The lowest BCUT2D eigenvalue weighted by molar-refractivity contribution is -0.133. The molecule has 1 N–H and O–H groups in total. The number of amides is 1. The number of fused-ring (bicyclic) bond motifs is 3. The first kappa shape index (κ1) is 23.1. The summed E-state index contributed by atoms with van der Waals surface area (Å²) in [5.41, 5.74) is 2.38. The predicted octanol–water partition coefficient (Wildman–Crippen LogP) is 3.54. The van der Waals surface area contributed by atoms with Gasteiger partial charge in [-0.2, -0.15) is 0 Å². The van der Waals surface area contributed by atoms with Crippen molar-refractivity contribution in [2.75, 3.05) is 32.8 Å². The molecule has 0 spiro atoms. The number of thiophene rings is 1. The van der Waals surface area contributed by atoms with Gasteiger partial charge >= 0.3 is 0 Å². The monoisotopic (exact) mass is 480 g/mol. The lowest BCUT2D eigenvalue weighted by Crippen LogP contribution is -2.48. The number of hydrogen-bond donors (Lipinski definition) is 1. The van der Waals surface area contributed by atoms with Gasteiger partial charge in [-0.1, -0.05) is 12.1 Å². The largest absolute Gasteiger partial charge is 0.494 e. The van der Waals surface area contributed by atoms with Gasteiger partial charge in [0, 0.05) is 37.5 Å². The molecule has 0 radical (unpaired) electrons. The highest BCUT2D eigenvalue weighted by molar-refractivity contribution is 7.18. The van der Waals surface area contributed by atoms with Gasteiger partial charge in [0.15, 0.2) is 0 Å². The first-order valence-corrected chi connectivity index (χ1v) is 13.2. The van der Waals surface area contributed by atoms with Crippen molar-refractivity contribution in [3.05, 3.63) is 56.4 Å². The number of H-pyrrole nitrogens is 1. The Morgan fingerprint density at radius 2 is 1.88 bits per heavy atom. The van der Waals surface area contributed by atoms with Crippen LogP contribution in [0, 0.1) is 0 Å². The molecule has 3 heterocycles. The lowest BCUT2D eigenvalue weighted by Gasteiger charge is -2.34. The van der Waals surface area contributed by atoms with Crippen molar-refractivity contribution in [2.24, 2.45) is 0 Å². The maximum atomic E-state index is 12.8. The van der Waals surface area contributed by atoms with E-state index in [1.807, 2.05) is 36.1 Å². The van der Waals surface area contributed by atoms with E-state index in [1.54, 1.807) is 11.3 Å². The summed E-state index contributed by atoms with van der Waals surface area (Å²) < 4.78 is 5.48. The van der Waals surface area contributed by atoms with Crippen LogP contribution in [0.25, 0.3) is 10.2 Å². The Labute approximate surface area is 203 Å². The molecule has 1 aromatic carbocycles. The smallest absolute Gasteiger partial charge is 0.259 e. The maximum Gasteiger partial charge on any atom is 0.259 e. The number of carbonyl (C=O) groups is 1. The third kappa shape index (κ3) is 5.03. The minimum absolute atomic E-state index is 0.00232. The molecular formula is C26H32N4O3S. The highest BCUT2D eigenvalue weighted by atomic mass is 32.1. The number of ether oxygens (including phenoxy) is 1. The number of benzene rings is 1. The Morgan fingerprint density at radius 1 is 1.12 bits per heavy atom. The van der Waals surface area contributed by atoms with Gasteiger partial charge in [-0.05, 0) is 62.3 Å². The van der Waals surface area contributed by atoms with Crippen LogP contribution in [0.2, 0.25) is 0 Å². The van der Waals surface area contributed by atoms with Gasteiger partial charge < -0.3 is 14.6 Å². The Hall–Kier alpha value is -2.71. The lowest BCUT2D eigenvalue weighted by atomic mass is 9.97. The highest BCUT2D eigenvalue weighted by Gasteiger charge is 2.23. The minimum Gasteiger partial charge on any atom is -0.494 e. The molecule has 1 saturated heterocycles. The SMILES string of the molecule is CCOc1ccc(CCC(=O)N2CCN(Cc3nc4sc5c(c4c(=O)[nH]3)CCCC5)CC2)cc1. The van der Waals surface area contributed by atoms with Crippen molar-refractivity contribution in [1.29, 1.82) is 0 Å². The fraction of sp³-hybridized carbons (Fsp3) is 0.500. The second kappa shape index (κ2) is 10.3. The number of nitrogens with one attached hydrogen (secondary N) is 1. The summed E-state index contributed by atoms with van der Waals surface area (Å²) in [7, 11) is 0. The molecule has 0 unspecified atom stereocenters. The van der Waals surface area contributed by atoms with E-state index in [0.717, 1.165) is 66.1 Å². The van der Waals surface area contributed by atoms with Crippen LogP contribution in [0.4, 0.5) is 0 Å². The van der Waals surface area contributed by atoms with E-state index in [1.165, 1.54) is 16.9 Å². The summed E-state index contributed by atoms with van der Waals surface area (Å²) in [6, 6.07) is 7.99. The number of hydrogen-bond acceptors (Lipinski definition) is 6. The van der Waals surface area contributed by atoms with Crippen molar-refractivity contribution in [1.82, 2.24) is 19.8 Å². The van der Waals surface area contributed by atoms with E-state index < -0.39 is 0 Å². The summed E-state index contributed by atoms with van der Waals surface area (Å²) in [6.45, 7) is 6.23. The Morgan fingerprint density at radius 3 is 2.65 bits per heavy atom. The summed E-state index contributed by atoms with van der Waals surface area (Å²) >= 11 is 1.69. The zero-order valence-corrected chi connectivity index (χ0v) is 20.6. The van der Waals surface area contributed by atoms with Crippen LogP contribution in [-0.4, -0.2) is 58.5 Å². The molecule has 180 valence electrons. The van der Waals surface area contributed by atoms with Crippen LogP contribution in [0.1, 0.15) is 48.0 Å². The van der Waals surface area contributed by atoms with Crippen molar-refractivity contribution in [3.8, 4) is 5.75 Å². The molecule has 1 aliphatic carbocycles. The number of aromatic amines is 1. The topological polar surface area (TPSA) is 78.5 Å². The number of carbonyl (C=O) groups excluding carboxylic acids is 1. The molecule has 0 atom stereocenters. The van der Waals surface area contributed by atoms with E-state index in [9.17, 15) is 9.59 Å². The van der Waals surface area contributed by atoms with Crippen LogP contribution in [0.5, 0.6) is 5.75 Å². The van der Waals surface area contributed by atoms with Crippen LogP contribution in [0.3, 0.4) is 0 Å². The van der Waals surface area contributed by atoms with Gasteiger partial charge in [-0.15, -0.1) is 11.3 Å². The highest BCUT2D eigenvalue weighted by Crippen LogP contribution is 2.33. The van der Waals surface area contributed by atoms with Gasteiger partial charge in [-0.3, -0.25) is 14.5 Å². The molecular weight excluding hydrogens is 448 g/mol. The van der Waals surface area contributed by atoms with Gasteiger partial charge in [0.1, 0.15) is 16.4 Å². The molecule has 5 rings (SSSR count). The van der Waals surface area contributed by atoms with Gasteiger partial charge in [-0.25, -0.2) is 4.98 Å². The molecule has 7 nitrogen and oxygen atoms in total. The van der Waals surface area contributed by atoms with E-state index in [4.69, 9.17) is 9.72 Å². The molecule has 2 aromatic heterocycles. The fourth-order valence-corrected chi connectivity index (χ4v) is 6.26. The van der Waals surface area contributed by atoms with Gasteiger partial charge in [0.25, 0.3) is 5.56 Å². The Kier molecular flexibility index (Phi) is 6.97.